The Hall–Kier alpha value is -2.12. The summed E-state index contributed by atoms with van der Waals surface area (Å²) in [6.07, 6.45) is 6.66. The van der Waals surface area contributed by atoms with Crippen molar-refractivity contribution in [3.8, 4) is 5.75 Å². The van der Waals surface area contributed by atoms with Crippen LogP contribution in [0.5, 0.6) is 5.75 Å². The second kappa shape index (κ2) is 10.5. The number of hydrogen-bond donors (Lipinski definition) is 0. The lowest BCUT2D eigenvalue weighted by atomic mass is 10.1. The molecular weight excluding hydrogens is 442 g/mol. The molecule has 3 aromatic rings. The summed E-state index contributed by atoms with van der Waals surface area (Å²) in [4.78, 5) is 4.08. The molecule has 8 heteroatoms. The van der Waals surface area contributed by atoms with Gasteiger partial charge in [0.15, 0.2) is 6.29 Å². The predicted octanol–water partition coefficient (Wildman–Crippen LogP) is 6.15. The summed E-state index contributed by atoms with van der Waals surface area (Å²) in [6, 6.07) is 13.4. The number of aromatic nitrogens is 2. The highest BCUT2D eigenvalue weighted by Crippen LogP contribution is 2.37. The highest BCUT2D eigenvalue weighted by molar-refractivity contribution is 6.30. The molecule has 4 atom stereocenters. The number of hydrogen-bond acceptors (Lipinski definition) is 4. The van der Waals surface area contributed by atoms with Crippen molar-refractivity contribution < 1.29 is 18.6 Å². The molecule has 1 saturated heterocycles. The molecule has 1 aliphatic rings. The molecule has 164 valence electrons. The lowest BCUT2D eigenvalue weighted by Gasteiger charge is -2.34. The maximum absolute atomic E-state index is 13.1. The first kappa shape index (κ1) is 22.1. The summed E-state index contributed by atoms with van der Waals surface area (Å²) >= 11 is 12.8. The van der Waals surface area contributed by atoms with Crippen molar-refractivity contribution in [2.24, 2.45) is 0 Å². The van der Waals surface area contributed by atoms with E-state index in [2.05, 4.69) is 4.98 Å². The van der Waals surface area contributed by atoms with Crippen LogP contribution < -0.4 is 4.74 Å². The molecule has 1 aliphatic heterocycles. The van der Waals surface area contributed by atoms with Crippen LogP contribution in [0.15, 0.2) is 67.3 Å². The van der Waals surface area contributed by atoms with Crippen LogP contribution in [0.25, 0.3) is 0 Å². The second-order valence-corrected chi connectivity index (χ2v) is 8.26. The molecule has 0 spiro atoms. The van der Waals surface area contributed by atoms with E-state index in [1.165, 1.54) is 12.1 Å². The van der Waals surface area contributed by atoms with Crippen LogP contribution in [-0.2, 0) is 9.47 Å². The Morgan fingerprint density at radius 1 is 1.13 bits per heavy atom. The normalized spacial score (nSPS) is 20.9. The molecule has 0 saturated carbocycles. The van der Waals surface area contributed by atoms with Gasteiger partial charge in [0.1, 0.15) is 29.8 Å². The van der Waals surface area contributed by atoms with E-state index in [1.54, 1.807) is 35.4 Å². The van der Waals surface area contributed by atoms with E-state index < -0.39 is 17.9 Å². The third-order valence-corrected chi connectivity index (χ3v) is 5.82. The lowest BCUT2D eigenvalue weighted by Crippen LogP contribution is -2.35. The third-order valence-electron chi connectivity index (χ3n) is 5.12. The molecule has 0 aliphatic carbocycles. The summed E-state index contributed by atoms with van der Waals surface area (Å²) in [5, 5.41) is 0.642. The molecular formula is C23H23Cl2FN2O3. The van der Waals surface area contributed by atoms with Crippen molar-refractivity contribution in [2.75, 3.05) is 6.61 Å². The van der Waals surface area contributed by atoms with Gasteiger partial charge < -0.3 is 18.8 Å². The van der Waals surface area contributed by atoms with Crippen LogP contribution in [0, 0.1) is 5.82 Å². The maximum atomic E-state index is 13.1. The molecule has 1 aromatic heterocycles. The van der Waals surface area contributed by atoms with Crippen molar-refractivity contribution in [2.45, 2.75) is 43.3 Å². The monoisotopic (exact) mass is 464 g/mol. The zero-order chi connectivity index (χ0) is 21.6. The van der Waals surface area contributed by atoms with Gasteiger partial charge >= 0.3 is 0 Å². The van der Waals surface area contributed by atoms with E-state index >= 15 is 0 Å². The minimum absolute atomic E-state index is 0.128. The van der Waals surface area contributed by atoms with Gasteiger partial charge in [0.25, 0.3) is 0 Å². The average Bonchev–Trinajstić information content (AvgIpc) is 3.33. The minimum atomic E-state index is -0.511. The first-order chi connectivity index (χ1) is 15.1. The number of rotatable bonds is 8. The van der Waals surface area contributed by atoms with Gasteiger partial charge in [0.2, 0.25) is 0 Å². The van der Waals surface area contributed by atoms with Crippen LogP contribution in [0.1, 0.15) is 36.4 Å². The largest absolute Gasteiger partial charge is 0.491 e. The second-order valence-electron chi connectivity index (χ2n) is 7.37. The standard InChI is InChI=1S/C23H23Cl2FN2O3/c24-17-6-4-16(5-7-17)22(23(25)28-13-12-27-15-28)31-21-3-1-2-20(30-21)14-29-19-10-8-18(26)9-11-19/h4-13,15,20-23H,1-3,14H2. The zero-order valence-corrected chi connectivity index (χ0v) is 18.3. The Kier molecular flexibility index (Phi) is 7.45. The topological polar surface area (TPSA) is 45.5 Å². The Bertz CT molecular complexity index is 938. The lowest BCUT2D eigenvalue weighted by molar-refractivity contribution is -0.224. The van der Waals surface area contributed by atoms with E-state index in [0.717, 1.165) is 24.8 Å². The third kappa shape index (κ3) is 5.98. The number of alkyl halides is 1. The molecule has 4 rings (SSSR count). The zero-order valence-electron chi connectivity index (χ0n) is 16.7. The smallest absolute Gasteiger partial charge is 0.159 e. The van der Waals surface area contributed by atoms with Crippen molar-refractivity contribution >= 4 is 23.2 Å². The molecule has 2 aromatic carbocycles. The van der Waals surface area contributed by atoms with E-state index in [-0.39, 0.29) is 11.9 Å². The van der Waals surface area contributed by atoms with Crippen molar-refractivity contribution in [3.05, 3.63) is 83.7 Å². The quantitative estimate of drug-likeness (QED) is 0.375. The SMILES string of the molecule is Fc1ccc(OCC2CCCC(OC(c3ccc(Cl)cc3)C(Cl)n3ccnc3)O2)cc1. The Labute approximate surface area is 190 Å². The van der Waals surface area contributed by atoms with Gasteiger partial charge in [-0.15, -0.1) is 0 Å². The summed E-state index contributed by atoms with van der Waals surface area (Å²) in [6.45, 7) is 0.364. The van der Waals surface area contributed by atoms with E-state index in [9.17, 15) is 4.39 Å². The van der Waals surface area contributed by atoms with Crippen LogP contribution in [0.4, 0.5) is 4.39 Å². The van der Waals surface area contributed by atoms with Crippen LogP contribution in [0.2, 0.25) is 5.02 Å². The molecule has 5 nitrogen and oxygen atoms in total. The number of nitrogens with zero attached hydrogens (tertiary/aromatic N) is 2. The molecule has 0 N–H and O–H groups in total. The van der Waals surface area contributed by atoms with Crippen molar-refractivity contribution in [1.29, 1.82) is 0 Å². The summed E-state index contributed by atoms with van der Waals surface area (Å²) < 4.78 is 33.1. The molecule has 1 fully saturated rings. The average molecular weight is 465 g/mol. The van der Waals surface area contributed by atoms with E-state index in [1.807, 2.05) is 24.3 Å². The predicted molar refractivity (Wildman–Crippen MR) is 117 cm³/mol. The van der Waals surface area contributed by atoms with Crippen molar-refractivity contribution in [3.63, 3.8) is 0 Å². The molecule has 0 amide bonds. The number of halogens is 3. The summed E-state index contributed by atoms with van der Waals surface area (Å²) in [5.41, 5.74) is 0.384. The van der Waals surface area contributed by atoms with Gasteiger partial charge in [-0.2, -0.15) is 0 Å². The van der Waals surface area contributed by atoms with Crippen LogP contribution in [-0.4, -0.2) is 28.6 Å². The molecule has 31 heavy (non-hydrogen) atoms. The summed E-state index contributed by atoms with van der Waals surface area (Å²) in [5.74, 6) is 0.310. The summed E-state index contributed by atoms with van der Waals surface area (Å²) in [7, 11) is 0. The molecule has 0 bridgehead atoms. The van der Waals surface area contributed by atoms with Gasteiger partial charge in [0.05, 0.1) is 12.4 Å². The fourth-order valence-corrected chi connectivity index (χ4v) is 3.94. The highest BCUT2D eigenvalue weighted by Gasteiger charge is 2.31. The maximum Gasteiger partial charge on any atom is 0.159 e. The van der Waals surface area contributed by atoms with Crippen LogP contribution >= 0.6 is 23.2 Å². The molecule has 4 unspecified atom stereocenters. The van der Waals surface area contributed by atoms with E-state index in [0.29, 0.717) is 17.4 Å². The molecule has 0 radical (unpaired) electrons. The Morgan fingerprint density at radius 3 is 2.61 bits per heavy atom. The van der Waals surface area contributed by atoms with Crippen molar-refractivity contribution in [1.82, 2.24) is 9.55 Å². The molecule has 2 heterocycles. The van der Waals surface area contributed by atoms with Gasteiger partial charge in [-0.3, -0.25) is 0 Å². The van der Waals surface area contributed by atoms with Crippen LogP contribution in [0.3, 0.4) is 0 Å². The van der Waals surface area contributed by atoms with Gasteiger partial charge in [-0.25, -0.2) is 9.37 Å². The highest BCUT2D eigenvalue weighted by atomic mass is 35.5. The van der Waals surface area contributed by atoms with Gasteiger partial charge in [-0.05, 0) is 61.2 Å². The Morgan fingerprint density at radius 2 is 1.90 bits per heavy atom. The van der Waals surface area contributed by atoms with E-state index in [4.69, 9.17) is 37.4 Å². The first-order valence-corrected chi connectivity index (χ1v) is 11.0. The van der Waals surface area contributed by atoms with Gasteiger partial charge in [0, 0.05) is 17.4 Å². The first-order valence-electron chi connectivity index (χ1n) is 10.1. The minimum Gasteiger partial charge on any atom is -0.491 e. The fraction of sp³-hybridized carbons (Fsp3) is 0.348. The van der Waals surface area contributed by atoms with Gasteiger partial charge in [-0.1, -0.05) is 35.3 Å². The number of ether oxygens (including phenoxy) is 3. The fourth-order valence-electron chi connectivity index (χ4n) is 3.50. The number of benzene rings is 2. The number of imidazole rings is 1. The Balaban J connectivity index is 1.42.